The Kier molecular flexibility index (Phi) is 6.16. The summed E-state index contributed by atoms with van der Waals surface area (Å²) in [5.74, 6) is -0.0154. The van der Waals surface area contributed by atoms with Gasteiger partial charge in [-0.25, -0.2) is 0 Å². The smallest absolute Gasteiger partial charge is 0.296 e. The summed E-state index contributed by atoms with van der Waals surface area (Å²) in [6.45, 7) is 1.85. The van der Waals surface area contributed by atoms with E-state index in [1.165, 1.54) is 25.2 Å². The maximum atomic E-state index is 13.1. The number of amides is 1. The lowest BCUT2D eigenvalue weighted by Gasteiger charge is -2.24. The van der Waals surface area contributed by atoms with Crippen molar-refractivity contribution in [3.05, 3.63) is 87.8 Å². The van der Waals surface area contributed by atoms with E-state index in [9.17, 15) is 14.7 Å². The minimum atomic E-state index is -0.926. The number of ketones is 1. The zero-order valence-electron chi connectivity index (χ0n) is 18.3. The number of halogens is 1. The molecule has 33 heavy (non-hydrogen) atoms. The Labute approximate surface area is 195 Å². The fourth-order valence-electron chi connectivity index (χ4n) is 3.92. The minimum Gasteiger partial charge on any atom is -0.507 e. The maximum absolute atomic E-state index is 13.1. The Morgan fingerprint density at radius 3 is 2.45 bits per heavy atom. The van der Waals surface area contributed by atoms with Crippen molar-refractivity contribution in [1.82, 2.24) is 4.90 Å². The highest BCUT2D eigenvalue weighted by atomic mass is 35.5. The summed E-state index contributed by atoms with van der Waals surface area (Å²) < 4.78 is 16.4. The standard InChI is InChI=1S/C25H22ClNO6/c1-14-8-11-19(33-14)22-21(23(28)15-9-10-17(26)20(12-15)32-3)24(29)25(30)27(22)13-16-6-4-5-7-18(16)31-2/h4-12,22,28H,13H2,1-3H3/b23-21+. The summed E-state index contributed by atoms with van der Waals surface area (Å²) in [6.07, 6.45) is 0. The number of likely N-dealkylation sites (tertiary alicyclic amines) is 1. The van der Waals surface area contributed by atoms with Crippen molar-refractivity contribution in [2.45, 2.75) is 19.5 Å². The van der Waals surface area contributed by atoms with E-state index in [4.69, 9.17) is 25.5 Å². The van der Waals surface area contributed by atoms with E-state index in [1.807, 2.05) is 18.2 Å². The first-order chi connectivity index (χ1) is 15.8. The molecule has 0 aliphatic carbocycles. The number of nitrogens with zero attached hydrogens (tertiary/aromatic N) is 1. The zero-order valence-corrected chi connectivity index (χ0v) is 19.1. The Morgan fingerprint density at radius 2 is 1.79 bits per heavy atom. The molecule has 0 spiro atoms. The topological polar surface area (TPSA) is 89.2 Å². The molecule has 1 aliphatic heterocycles. The molecule has 3 aromatic rings. The predicted molar refractivity (Wildman–Crippen MR) is 122 cm³/mol. The average molecular weight is 468 g/mol. The van der Waals surface area contributed by atoms with Crippen molar-refractivity contribution >= 4 is 29.1 Å². The monoisotopic (exact) mass is 467 g/mol. The second kappa shape index (κ2) is 9.03. The molecule has 1 aliphatic rings. The Morgan fingerprint density at radius 1 is 1.06 bits per heavy atom. The molecular formula is C25H22ClNO6. The number of hydrogen-bond acceptors (Lipinski definition) is 6. The summed E-state index contributed by atoms with van der Waals surface area (Å²) >= 11 is 6.10. The van der Waals surface area contributed by atoms with Gasteiger partial charge in [0.2, 0.25) is 0 Å². The largest absolute Gasteiger partial charge is 0.507 e. The third kappa shape index (κ3) is 4.07. The van der Waals surface area contributed by atoms with Gasteiger partial charge in [-0.1, -0.05) is 29.8 Å². The lowest BCUT2D eigenvalue weighted by atomic mass is 9.99. The molecule has 2 aromatic carbocycles. The molecule has 0 radical (unpaired) electrons. The van der Waals surface area contributed by atoms with Crippen molar-refractivity contribution in [3.8, 4) is 11.5 Å². The van der Waals surface area contributed by atoms with Crippen LogP contribution in [0.1, 0.15) is 28.7 Å². The van der Waals surface area contributed by atoms with Gasteiger partial charge in [-0.2, -0.15) is 0 Å². The molecule has 1 aromatic heterocycles. The van der Waals surface area contributed by atoms with E-state index in [1.54, 1.807) is 37.3 Å². The van der Waals surface area contributed by atoms with Crippen LogP contribution in [0.2, 0.25) is 5.02 Å². The molecule has 1 fully saturated rings. The Bertz CT molecular complexity index is 1260. The van der Waals surface area contributed by atoms with Crippen LogP contribution in [0.15, 0.2) is 64.6 Å². The number of hydrogen-bond donors (Lipinski definition) is 1. The molecule has 1 N–H and O–H groups in total. The second-order valence-corrected chi connectivity index (χ2v) is 7.94. The van der Waals surface area contributed by atoms with Crippen LogP contribution >= 0.6 is 11.6 Å². The maximum Gasteiger partial charge on any atom is 0.296 e. The summed E-state index contributed by atoms with van der Waals surface area (Å²) in [5, 5.41) is 11.5. The normalized spacial score (nSPS) is 17.5. The van der Waals surface area contributed by atoms with Gasteiger partial charge in [0.05, 0.1) is 31.4 Å². The molecule has 7 nitrogen and oxygen atoms in total. The number of furan rings is 1. The van der Waals surface area contributed by atoms with Crippen molar-refractivity contribution in [3.63, 3.8) is 0 Å². The number of carbonyl (C=O) groups excluding carboxylic acids is 2. The number of benzene rings is 2. The number of para-hydroxylation sites is 1. The van der Waals surface area contributed by atoms with E-state index in [0.29, 0.717) is 39.2 Å². The van der Waals surface area contributed by atoms with E-state index in [2.05, 4.69) is 0 Å². The van der Waals surface area contributed by atoms with Crippen molar-refractivity contribution < 1.29 is 28.6 Å². The lowest BCUT2D eigenvalue weighted by molar-refractivity contribution is -0.140. The molecule has 1 unspecified atom stereocenters. The first-order valence-electron chi connectivity index (χ1n) is 10.2. The van der Waals surface area contributed by atoms with E-state index < -0.39 is 17.7 Å². The average Bonchev–Trinajstić information content (AvgIpc) is 3.35. The van der Waals surface area contributed by atoms with Crippen molar-refractivity contribution in [1.29, 1.82) is 0 Å². The number of rotatable bonds is 6. The SMILES string of the molecule is COc1cc(/C(O)=C2\C(=O)C(=O)N(Cc3ccccc3OC)C2c2ccc(C)o2)ccc1Cl. The molecule has 170 valence electrons. The molecule has 1 atom stereocenters. The molecule has 1 amide bonds. The van der Waals surface area contributed by atoms with Gasteiger partial charge in [-0.15, -0.1) is 0 Å². The van der Waals surface area contributed by atoms with Crippen LogP contribution in [0.3, 0.4) is 0 Å². The summed E-state index contributed by atoms with van der Waals surface area (Å²) in [4.78, 5) is 27.6. The summed E-state index contributed by atoms with van der Waals surface area (Å²) in [6, 6.07) is 14.3. The van der Waals surface area contributed by atoms with Gasteiger partial charge in [0.25, 0.3) is 11.7 Å². The quantitative estimate of drug-likeness (QED) is 0.316. The second-order valence-electron chi connectivity index (χ2n) is 7.54. The third-order valence-electron chi connectivity index (χ3n) is 5.53. The number of aryl methyl sites for hydroxylation is 1. The van der Waals surface area contributed by atoms with Gasteiger partial charge in [0.15, 0.2) is 0 Å². The highest BCUT2D eigenvalue weighted by Gasteiger charge is 2.47. The summed E-state index contributed by atoms with van der Waals surface area (Å²) in [5.41, 5.74) is 0.928. The number of ether oxygens (including phenoxy) is 2. The first-order valence-corrected chi connectivity index (χ1v) is 10.5. The molecule has 0 saturated carbocycles. The van der Waals surface area contributed by atoms with Crippen LogP contribution in [0, 0.1) is 6.92 Å². The molecule has 8 heteroatoms. The number of aliphatic hydroxyl groups excluding tert-OH is 1. The zero-order chi connectivity index (χ0) is 23.7. The van der Waals surface area contributed by atoms with Crippen LogP contribution < -0.4 is 9.47 Å². The molecule has 2 heterocycles. The number of methoxy groups -OCH3 is 2. The fourth-order valence-corrected chi connectivity index (χ4v) is 4.11. The number of carbonyl (C=O) groups is 2. The van der Waals surface area contributed by atoms with Crippen molar-refractivity contribution in [2.24, 2.45) is 0 Å². The minimum absolute atomic E-state index is 0.0753. The van der Waals surface area contributed by atoms with Crippen LogP contribution in [0.4, 0.5) is 0 Å². The molecule has 1 saturated heterocycles. The van der Waals surface area contributed by atoms with Gasteiger partial charge >= 0.3 is 0 Å². The Balaban J connectivity index is 1.86. The number of aliphatic hydroxyl groups is 1. The summed E-state index contributed by atoms with van der Waals surface area (Å²) in [7, 11) is 2.98. The van der Waals surface area contributed by atoms with Crippen LogP contribution in [0.25, 0.3) is 5.76 Å². The van der Waals surface area contributed by atoms with E-state index >= 15 is 0 Å². The third-order valence-corrected chi connectivity index (χ3v) is 5.84. The van der Waals surface area contributed by atoms with Gasteiger partial charge in [0.1, 0.15) is 34.8 Å². The van der Waals surface area contributed by atoms with Gasteiger partial charge in [-0.3, -0.25) is 9.59 Å². The van der Waals surface area contributed by atoms with Crippen LogP contribution in [-0.4, -0.2) is 35.9 Å². The highest BCUT2D eigenvalue weighted by molar-refractivity contribution is 6.46. The van der Waals surface area contributed by atoms with Crippen molar-refractivity contribution in [2.75, 3.05) is 14.2 Å². The molecule has 0 bridgehead atoms. The fraction of sp³-hybridized carbons (Fsp3) is 0.200. The van der Waals surface area contributed by atoms with Gasteiger partial charge in [0, 0.05) is 11.1 Å². The van der Waals surface area contributed by atoms with E-state index in [-0.39, 0.29) is 17.9 Å². The first kappa shape index (κ1) is 22.5. The predicted octanol–water partition coefficient (Wildman–Crippen LogP) is 4.88. The van der Waals surface area contributed by atoms with Gasteiger partial charge < -0.3 is 23.9 Å². The Hall–Kier alpha value is -3.71. The highest BCUT2D eigenvalue weighted by Crippen LogP contribution is 2.42. The van der Waals surface area contributed by atoms with Crippen LogP contribution in [-0.2, 0) is 16.1 Å². The molecular weight excluding hydrogens is 446 g/mol. The number of Topliss-reactive ketones (excluding diaryl/α,β-unsaturated/α-hetero) is 1. The van der Waals surface area contributed by atoms with E-state index in [0.717, 1.165) is 0 Å². The van der Waals surface area contributed by atoms with Crippen LogP contribution in [0.5, 0.6) is 11.5 Å². The van der Waals surface area contributed by atoms with Gasteiger partial charge in [-0.05, 0) is 43.3 Å². The molecule has 4 rings (SSSR count). The lowest BCUT2D eigenvalue weighted by Crippen LogP contribution is -2.29.